The van der Waals surface area contributed by atoms with Gasteiger partial charge in [-0.25, -0.2) is 0 Å². The molecule has 2 rings (SSSR count). The predicted molar refractivity (Wildman–Crippen MR) is 75.2 cm³/mol. The van der Waals surface area contributed by atoms with E-state index in [1.54, 1.807) is 0 Å². The topological polar surface area (TPSA) is 42.8 Å². The molecule has 2 N–H and O–H groups in total. The van der Waals surface area contributed by atoms with Crippen LogP contribution in [0.25, 0.3) is 0 Å². The lowest BCUT2D eigenvalue weighted by atomic mass is 10.1. The van der Waals surface area contributed by atoms with Crippen molar-refractivity contribution in [3.05, 3.63) is 30.3 Å². The summed E-state index contributed by atoms with van der Waals surface area (Å²) in [6.07, 6.45) is 0.427. The third kappa shape index (κ3) is 3.78. The molecule has 1 aliphatic heterocycles. The van der Waals surface area contributed by atoms with Gasteiger partial charge in [0, 0.05) is 5.69 Å². The van der Waals surface area contributed by atoms with Crippen molar-refractivity contribution >= 4 is 11.6 Å². The van der Waals surface area contributed by atoms with Crippen molar-refractivity contribution in [2.75, 3.05) is 18.4 Å². The van der Waals surface area contributed by atoms with Gasteiger partial charge in [0.1, 0.15) is 25.3 Å². The van der Waals surface area contributed by atoms with E-state index in [1.165, 1.54) is 4.90 Å². The van der Waals surface area contributed by atoms with Crippen molar-refractivity contribution in [1.82, 2.24) is 0 Å². The molecule has 104 valence electrons. The summed E-state index contributed by atoms with van der Waals surface area (Å²) in [6, 6.07) is 9.54. The Balaban J connectivity index is 1.95. The first-order valence-corrected chi connectivity index (χ1v) is 6.92. The van der Waals surface area contributed by atoms with Crippen molar-refractivity contribution in [3.63, 3.8) is 0 Å². The second kappa shape index (κ2) is 6.17. The van der Waals surface area contributed by atoms with E-state index in [0.29, 0.717) is 0 Å². The van der Waals surface area contributed by atoms with Gasteiger partial charge >= 0.3 is 0 Å². The first-order chi connectivity index (χ1) is 9.06. The summed E-state index contributed by atoms with van der Waals surface area (Å²) in [5, 5.41) is 2.97. The van der Waals surface area contributed by atoms with Crippen LogP contribution < -0.4 is 10.2 Å². The Morgan fingerprint density at radius 3 is 2.42 bits per heavy atom. The number of para-hydroxylation sites is 1. The minimum atomic E-state index is -0.0611. The molecular formula is C15H23N2O2+. The number of hydrogen-bond acceptors (Lipinski definition) is 2. The monoisotopic (exact) mass is 263 g/mol. The van der Waals surface area contributed by atoms with Crippen LogP contribution in [0, 0.1) is 0 Å². The lowest BCUT2D eigenvalue weighted by Crippen LogP contribution is -3.19. The van der Waals surface area contributed by atoms with E-state index in [0.717, 1.165) is 18.8 Å². The summed E-state index contributed by atoms with van der Waals surface area (Å²) >= 11 is 0. The lowest BCUT2D eigenvalue weighted by Gasteiger charge is -2.35. The zero-order chi connectivity index (χ0) is 13.8. The van der Waals surface area contributed by atoms with E-state index >= 15 is 0 Å². The number of hydrogen-bond donors (Lipinski definition) is 2. The molecule has 0 radical (unpaired) electrons. The predicted octanol–water partition coefficient (Wildman–Crippen LogP) is 0.706. The molecule has 1 saturated heterocycles. The van der Waals surface area contributed by atoms with Crippen molar-refractivity contribution in [3.8, 4) is 0 Å². The number of quaternary nitrogens is 1. The zero-order valence-electron chi connectivity index (χ0n) is 11.8. The highest BCUT2D eigenvalue weighted by Crippen LogP contribution is 2.05. The van der Waals surface area contributed by atoms with Gasteiger partial charge in [0.2, 0.25) is 0 Å². The van der Waals surface area contributed by atoms with Crippen LogP contribution in [0.3, 0.4) is 0 Å². The molecule has 0 spiro atoms. The normalized spacial score (nSPS) is 28.7. The van der Waals surface area contributed by atoms with E-state index < -0.39 is 0 Å². The zero-order valence-corrected chi connectivity index (χ0v) is 11.8. The van der Waals surface area contributed by atoms with E-state index in [2.05, 4.69) is 19.2 Å². The van der Waals surface area contributed by atoms with Crippen molar-refractivity contribution in [2.45, 2.75) is 39.0 Å². The van der Waals surface area contributed by atoms with Crippen molar-refractivity contribution in [1.29, 1.82) is 0 Å². The van der Waals surface area contributed by atoms with Gasteiger partial charge in [-0.3, -0.25) is 4.79 Å². The largest absolute Gasteiger partial charge is 0.364 e. The molecule has 1 heterocycles. The highest BCUT2D eigenvalue weighted by molar-refractivity contribution is 5.93. The molecule has 19 heavy (non-hydrogen) atoms. The van der Waals surface area contributed by atoms with Crippen molar-refractivity contribution < 1.29 is 14.4 Å². The molecule has 0 saturated carbocycles. The maximum Gasteiger partial charge on any atom is 0.282 e. The smallest absolute Gasteiger partial charge is 0.282 e. The molecular weight excluding hydrogens is 240 g/mol. The Labute approximate surface area is 114 Å². The van der Waals surface area contributed by atoms with Crippen LogP contribution in [0.2, 0.25) is 0 Å². The minimum absolute atomic E-state index is 0.0611. The van der Waals surface area contributed by atoms with Crippen LogP contribution in [0.15, 0.2) is 30.3 Å². The van der Waals surface area contributed by atoms with Crippen LogP contribution in [0.5, 0.6) is 0 Å². The second-order valence-corrected chi connectivity index (χ2v) is 5.40. The average Bonchev–Trinajstić information content (AvgIpc) is 2.37. The number of amides is 1. The number of carbonyl (C=O) groups is 1. The lowest BCUT2D eigenvalue weighted by molar-refractivity contribution is -0.928. The number of benzene rings is 1. The van der Waals surface area contributed by atoms with Crippen LogP contribution in [0.4, 0.5) is 5.69 Å². The summed E-state index contributed by atoms with van der Waals surface area (Å²) in [4.78, 5) is 13.5. The second-order valence-electron chi connectivity index (χ2n) is 5.40. The highest BCUT2D eigenvalue weighted by Gasteiger charge is 2.32. The van der Waals surface area contributed by atoms with Gasteiger partial charge in [0.25, 0.3) is 5.91 Å². The number of carbonyl (C=O) groups excluding carboxylic acids is 1. The number of ether oxygens (including phenoxy) is 1. The number of morpholine rings is 1. The Bertz CT molecular complexity index is 411. The fourth-order valence-electron chi connectivity index (χ4n) is 2.63. The number of rotatable bonds is 3. The summed E-state index contributed by atoms with van der Waals surface area (Å²) < 4.78 is 5.71. The summed E-state index contributed by atoms with van der Waals surface area (Å²) in [5.41, 5.74) is 0.855. The standard InChI is InChI=1S/C15H22N2O2/c1-11-9-17(10-12(2)19-11)13(3)15(18)16-14-7-5-4-6-8-14/h4-8,11-13H,9-10H2,1-3H3,(H,16,18)/p+1/t11-,12+,13-/m0/s1. The molecule has 1 aliphatic rings. The van der Waals surface area contributed by atoms with Gasteiger partial charge in [0.05, 0.1) is 0 Å². The Hall–Kier alpha value is -1.39. The molecule has 1 aromatic carbocycles. The molecule has 1 unspecified atom stereocenters. The van der Waals surface area contributed by atoms with E-state index in [9.17, 15) is 4.79 Å². The Morgan fingerprint density at radius 2 is 1.84 bits per heavy atom. The van der Waals surface area contributed by atoms with Gasteiger partial charge in [-0.2, -0.15) is 0 Å². The Kier molecular flexibility index (Phi) is 4.56. The molecule has 1 aromatic rings. The third-order valence-corrected chi connectivity index (χ3v) is 3.61. The third-order valence-electron chi connectivity index (χ3n) is 3.61. The van der Waals surface area contributed by atoms with Gasteiger partial charge in [-0.1, -0.05) is 18.2 Å². The van der Waals surface area contributed by atoms with Crippen LogP contribution in [-0.2, 0) is 9.53 Å². The van der Waals surface area contributed by atoms with Gasteiger partial charge in [0.15, 0.2) is 6.04 Å². The molecule has 4 heteroatoms. The van der Waals surface area contributed by atoms with Crippen LogP contribution >= 0.6 is 0 Å². The number of nitrogens with one attached hydrogen (secondary N) is 2. The molecule has 0 aromatic heterocycles. The SMILES string of the molecule is C[C@@H]1C[NH+]([C@@H](C)C(=O)Nc2ccccc2)C[C@H](C)O1. The summed E-state index contributed by atoms with van der Waals surface area (Å²) in [7, 11) is 0. The molecule has 0 aliphatic carbocycles. The fourth-order valence-corrected chi connectivity index (χ4v) is 2.63. The van der Waals surface area contributed by atoms with Gasteiger partial charge < -0.3 is 15.0 Å². The maximum atomic E-state index is 12.3. The molecule has 4 nitrogen and oxygen atoms in total. The molecule has 1 amide bonds. The first kappa shape index (κ1) is 14.0. The number of anilines is 1. The average molecular weight is 263 g/mol. The quantitative estimate of drug-likeness (QED) is 0.843. The Morgan fingerprint density at radius 1 is 1.26 bits per heavy atom. The van der Waals surface area contributed by atoms with Crippen molar-refractivity contribution in [2.24, 2.45) is 0 Å². The summed E-state index contributed by atoms with van der Waals surface area (Å²) in [5.74, 6) is 0.0718. The van der Waals surface area contributed by atoms with Crippen LogP contribution in [-0.4, -0.2) is 37.2 Å². The van der Waals surface area contributed by atoms with E-state index in [4.69, 9.17) is 4.74 Å². The molecule has 1 fully saturated rings. The van der Waals surface area contributed by atoms with E-state index in [-0.39, 0.29) is 24.2 Å². The maximum absolute atomic E-state index is 12.3. The van der Waals surface area contributed by atoms with Gasteiger partial charge in [-0.05, 0) is 32.9 Å². The highest BCUT2D eigenvalue weighted by atomic mass is 16.5. The minimum Gasteiger partial charge on any atom is -0.364 e. The molecule has 0 bridgehead atoms. The fraction of sp³-hybridized carbons (Fsp3) is 0.533. The van der Waals surface area contributed by atoms with E-state index in [1.807, 2.05) is 37.3 Å². The first-order valence-electron chi connectivity index (χ1n) is 6.92. The van der Waals surface area contributed by atoms with Crippen LogP contribution in [0.1, 0.15) is 20.8 Å². The summed E-state index contributed by atoms with van der Waals surface area (Å²) in [6.45, 7) is 7.88. The van der Waals surface area contributed by atoms with Gasteiger partial charge in [-0.15, -0.1) is 0 Å². The molecule has 4 atom stereocenters.